The Morgan fingerprint density at radius 2 is 1.62 bits per heavy atom. The molecule has 5 heteroatoms. The molecule has 0 radical (unpaired) electrons. The fourth-order valence-electron chi connectivity index (χ4n) is 3.26. The van der Waals surface area contributed by atoms with Crippen molar-refractivity contribution >= 4 is 8.32 Å². The molecule has 4 nitrogen and oxygen atoms in total. The number of aliphatic hydroxyl groups is 1. The first-order valence-electron chi connectivity index (χ1n) is 11.2. The molecule has 2 aromatic carbocycles. The SMILES string of the molecule is CC(C)(C)[Si](C)(C)OCc1c(-c2ccccn2)cccc1C(O)COCc1ccccc1. The predicted molar refractivity (Wildman–Crippen MR) is 133 cm³/mol. The van der Waals surface area contributed by atoms with Gasteiger partial charge in [0.05, 0.1) is 25.5 Å². The van der Waals surface area contributed by atoms with Crippen molar-refractivity contribution < 1.29 is 14.3 Å². The maximum absolute atomic E-state index is 11.1. The highest BCUT2D eigenvalue weighted by Gasteiger charge is 2.37. The first-order valence-corrected chi connectivity index (χ1v) is 14.1. The minimum absolute atomic E-state index is 0.102. The number of benzene rings is 2. The van der Waals surface area contributed by atoms with Gasteiger partial charge in [0, 0.05) is 11.8 Å². The van der Waals surface area contributed by atoms with Crippen LogP contribution < -0.4 is 0 Å². The fourth-order valence-corrected chi connectivity index (χ4v) is 4.20. The normalized spacial score (nSPS) is 13.2. The molecule has 32 heavy (non-hydrogen) atoms. The van der Waals surface area contributed by atoms with Gasteiger partial charge >= 0.3 is 0 Å². The highest BCUT2D eigenvalue weighted by Crippen LogP contribution is 2.38. The molecule has 1 aromatic heterocycles. The van der Waals surface area contributed by atoms with Crippen LogP contribution in [0.3, 0.4) is 0 Å². The van der Waals surface area contributed by atoms with Crippen LogP contribution in [0, 0.1) is 0 Å². The van der Waals surface area contributed by atoms with Gasteiger partial charge in [-0.3, -0.25) is 4.98 Å². The molecule has 0 bridgehead atoms. The second kappa shape index (κ2) is 10.5. The zero-order valence-corrected chi connectivity index (χ0v) is 20.8. The summed E-state index contributed by atoms with van der Waals surface area (Å²) in [5.41, 5.74) is 4.76. The molecule has 3 rings (SSSR count). The van der Waals surface area contributed by atoms with Gasteiger partial charge in [0.25, 0.3) is 0 Å². The second-order valence-corrected chi connectivity index (χ2v) is 14.5. The van der Waals surface area contributed by atoms with Crippen molar-refractivity contribution in [3.8, 4) is 11.3 Å². The Bertz CT molecular complexity index is 985. The van der Waals surface area contributed by atoms with Crippen LogP contribution in [0.1, 0.15) is 43.6 Å². The van der Waals surface area contributed by atoms with Gasteiger partial charge in [-0.1, -0.05) is 75.4 Å². The van der Waals surface area contributed by atoms with E-state index in [2.05, 4.69) is 38.8 Å². The van der Waals surface area contributed by atoms with Gasteiger partial charge in [-0.2, -0.15) is 0 Å². The fraction of sp³-hybridized carbons (Fsp3) is 0.370. The van der Waals surface area contributed by atoms with Crippen molar-refractivity contribution in [3.05, 3.63) is 89.6 Å². The summed E-state index contributed by atoms with van der Waals surface area (Å²) in [6.45, 7) is 12.3. The summed E-state index contributed by atoms with van der Waals surface area (Å²) in [6.07, 6.45) is 1.04. The quantitative estimate of drug-likeness (QED) is 0.378. The zero-order valence-electron chi connectivity index (χ0n) is 19.8. The van der Waals surface area contributed by atoms with Crippen LogP contribution in [0.2, 0.25) is 18.1 Å². The molecular weight excluding hydrogens is 414 g/mol. The molecule has 170 valence electrons. The van der Waals surface area contributed by atoms with E-state index in [9.17, 15) is 5.11 Å². The first-order chi connectivity index (χ1) is 15.2. The van der Waals surface area contributed by atoms with Crippen LogP contribution >= 0.6 is 0 Å². The van der Waals surface area contributed by atoms with Crippen LogP contribution in [0.15, 0.2) is 72.9 Å². The summed E-state index contributed by atoms with van der Waals surface area (Å²) < 4.78 is 12.4. The number of aromatic nitrogens is 1. The predicted octanol–water partition coefficient (Wildman–Crippen LogP) is 6.52. The maximum atomic E-state index is 11.1. The van der Waals surface area contributed by atoms with E-state index in [1.54, 1.807) is 6.20 Å². The summed E-state index contributed by atoms with van der Waals surface area (Å²) in [5, 5.41) is 11.2. The summed E-state index contributed by atoms with van der Waals surface area (Å²) in [5.74, 6) is 0. The lowest BCUT2D eigenvalue weighted by Crippen LogP contribution is -2.40. The van der Waals surface area contributed by atoms with E-state index in [0.29, 0.717) is 13.2 Å². The molecular formula is C27H35NO3Si. The largest absolute Gasteiger partial charge is 0.413 e. The zero-order chi connectivity index (χ0) is 23.2. The van der Waals surface area contributed by atoms with Gasteiger partial charge in [-0.25, -0.2) is 0 Å². The van der Waals surface area contributed by atoms with Crippen LogP contribution in [-0.4, -0.2) is 25.0 Å². The molecule has 0 aliphatic rings. The Balaban J connectivity index is 1.85. The molecule has 0 aliphatic heterocycles. The third-order valence-electron chi connectivity index (χ3n) is 6.28. The Labute approximate surface area is 193 Å². The van der Waals surface area contributed by atoms with Crippen molar-refractivity contribution in [2.45, 2.75) is 58.2 Å². The monoisotopic (exact) mass is 449 g/mol. The second-order valence-electron chi connectivity index (χ2n) is 9.65. The number of hydrogen-bond donors (Lipinski definition) is 1. The molecule has 0 spiro atoms. The number of hydrogen-bond acceptors (Lipinski definition) is 4. The summed E-state index contributed by atoms with van der Waals surface area (Å²) >= 11 is 0. The van der Waals surface area contributed by atoms with E-state index in [1.165, 1.54) is 0 Å². The minimum atomic E-state index is -1.97. The van der Waals surface area contributed by atoms with Gasteiger partial charge < -0.3 is 14.3 Å². The van der Waals surface area contributed by atoms with Crippen molar-refractivity contribution in [1.82, 2.24) is 4.98 Å². The molecule has 0 fully saturated rings. The van der Waals surface area contributed by atoms with Gasteiger partial charge in [0.2, 0.25) is 0 Å². The molecule has 0 aliphatic carbocycles. The van der Waals surface area contributed by atoms with E-state index in [0.717, 1.165) is 27.9 Å². The molecule has 3 aromatic rings. The highest BCUT2D eigenvalue weighted by molar-refractivity contribution is 6.74. The number of pyridine rings is 1. The van der Waals surface area contributed by atoms with Crippen LogP contribution in [-0.2, 0) is 22.4 Å². The van der Waals surface area contributed by atoms with Crippen LogP contribution in [0.4, 0.5) is 0 Å². The smallest absolute Gasteiger partial charge is 0.192 e. The average Bonchev–Trinajstić information content (AvgIpc) is 2.78. The Hall–Kier alpha value is -2.31. The van der Waals surface area contributed by atoms with Crippen molar-refractivity contribution in [2.75, 3.05) is 6.61 Å². The van der Waals surface area contributed by atoms with Crippen molar-refractivity contribution in [3.63, 3.8) is 0 Å². The van der Waals surface area contributed by atoms with E-state index < -0.39 is 14.4 Å². The lowest BCUT2D eigenvalue weighted by atomic mass is 9.95. The summed E-state index contributed by atoms with van der Waals surface area (Å²) in [6, 6.07) is 21.9. The molecule has 0 amide bonds. The maximum Gasteiger partial charge on any atom is 0.192 e. The lowest BCUT2D eigenvalue weighted by molar-refractivity contribution is 0.0269. The molecule has 0 saturated heterocycles. The average molecular weight is 450 g/mol. The molecule has 1 heterocycles. The number of rotatable bonds is 9. The van der Waals surface area contributed by atoms with E-state index in [-0.39, 0.29) is 11.6 Å². The van der Waals surface area contributed by atoms with E-state index in [1.807, 2.05) is 66.7 Å². The molecule has 1 atom stereocenters. The summed E-state index contributed by atoms with van der Waals surface area (Å²) in [7, 11) is -1.97. The van der Waals surface area contributed by atoms with E-state index in [4.69, 9.17) is 9.16 Å². The van der Waals surface area contributed by atoms with Crippen LogP contribution in [0.5, 0.6) is 0 Å². The molecule has 0 saturated carbocycles. The number of nitrogens with zero attached hydrogens (tertiary/aromatic N) is 1. The lowest BCUT2D eigenvalue weighted by Gasteiger charge is -2.36. The summed E-state index contributed by atoms with van der Waals surface area (Å²) in [4.78, 5) is 4.55. The van der Waals surface area contributed by atoms with Gasteiger partial charge in [0.15, 0.2) is 8.32 Å². The van der Waals surface area contributed by atoms with Crippen LogP contribution in [0.25, 0.3) is 11.3 Å². The number of aliphatic hydroxyl groups excluding tert-OH is 1. The topological polar surface area (TPSA) is 51.6 Å². The number of ether oxygens (including phenoxy) is 1. The third-order valence-corrected chi connectivity index (χ3v) is 10.8. The Morgan fingerprint density at radius 1 is 0.906 bits per heavy atom. The minimum Gasteiger partial charge on any atom is -0.413 e. The van der Waals surface area contributed by atoms with E-state index >= 15 is 0 Å². The van der Waals surface area contributed by atoms with Gasteiger partial charge in [0.1, 0.15) is 6.10 Å². The van der Waals surface area contributed by atoms with Gasteiger partial charge in [-0.15, -0.1) is 0 Å². The van der Waals surface area contributed by atoms with Gasteiger partial charge in [-0.05, 0) is 47.0 Å². The third kappa shape index (κ3) is 6.14. The first kappa shape index (κ1) is 24.3. The Kier molecular flexibility index (Phi) is 8.01. The molecule has 1 unspecified atom stereocenters. The highest BCUT2D eigenvalue weighted by atomic mass is 28.4. The molecule has 1 N–H and O–H groups in total. The van der Waals surface area contributed by atoms with Crippen molar-refractivity contribution in [2.24, 2.45) is 0 Å². The van der Waals surface area contributed by atoms with Crippen molar-refractivity contribution in [1.29, 1.82) is 0 Å². The standard InChI is InChI=1S/C27H35NO3Si/c1-27(2,3)32(4,5)31-19-24-22(25-16-9-10-17-28-25)14-11-15-23(24)26(29)20-30-18-21-12-7-6-8-13-21/h6-17,26,29H,18-20H2,1-5H3. The Morgan fingerprint density at radius 3 is 2.28 bits per heavy atom.